The Labute approximate surface area is 269 Å². The summed E-state index contributed by atoms with van der Waals surface area (Å²) in [4.78, 5) is 12.4. The summed E-state index contributed by atoms with van der Waals surface area (Å²) in [5.74, 6) is 0. The van der Waals surface area contributed by atoms with E-state index in [1.807, 2.05) is 112 Å². The van der Waals surface area contributed by atoms with Crippen LogP contribution in [0.4, 0.5) is 4.79 Å². The number of hydrogen-bond acceptors (Lipinski definition) is 6. The number of alkyl carbamates (subject to hydrolysis) is 1. The first-order chi connectivity index (χ1) is 18.9. The molecule has 0 radical (unpaired) electrons. The molecule has 0 aliphatic carbocycles. The maximum absolute atomic E-state index is 12.4. The van der Waals surface area contributed by atoms with Gasteiger partial charge in [0, 0.05) is 39.9 Å². The molecule has 212 valence electrons. The van der Waals surface area contributed by atoms with Crippen molar-refractivity contribution in [1.29, 1.82) is 0 Å². The van der Waals surface area contributed by atoms with Crippen LogP contribution in [0.15, 0.2) is 91.0 Å². The monoisotopic (exact) mass is 764 g/mol. The summed E-state index contributed by atoms with van der Waals surface area (Å²) >= 11 is 0. The summed E-state index contributed by atoms with van der Waals surface area (Å²) in [7, 11) is 0. The van der Waals surface area contributed by atoms with Crippen LogP contribution in [0.2, 0.25) is 0 Å². The third-order valence-electron chi connectivity index (χ3n) is 6.07. The summed E-state index contributed by atoms with van der Waals surface area (Å²) in [6.45, 7) is 8.55. The zero-order chi connectivity index (χ0) is 27.5. The van der Waals surface area contributed by atoms with Crippen molar-refractivity contribution < 1.29 is 68.4 Å². The van der Waals surface area contributed by atoms with Crippen molar-refractivity contribution in [1.82, 2.24) is 5.32 Å². The molecule has 3 aromatic rings. The van der Waals surface area contributed by atoms with Gasteiger partial charge in [-0.25, -0.2) is 11.3 Å². The van der Waals surface area contributed by atoms with E-state index in [-0.39, 0.29) is 39.9 Å². The molecule has 4 atom stereocenters. The molecule has 0 saturated carbocycles. The second kappa shape index (κ2) is 16.5. The molecule has 0 spiro atoms. The van der Waals surface area contributed by atoms with E-state index in [0.717, 1.165) is 16.7 Å². The normalized spacial score (nSPS) is 20.5. The van der Waals surface area contributed by atoms with Crippen LogP contribution < -0.4 is 5.32 Å². The summed E-state index contributed by atoms with van der Waals surface area (Å²) in [5.41, 5.74) is 2.53. The minimum atomic E-state index is -0.618. The van der Waals surface area contributed by atoms with Crippen LogP contribution in [0.25, 0.3) is 0 Å². The third kappa shape index (κ3) is 10.8. The summed E-state index contributed by atoms with van der Waals surface area (Å²) in [6.07, 6.45) is -2.48. The average molecular weight is 765 g/mol. The van der Waals surface area contributed by atoms with Gasteiger partial charge in [0.25, 0.3) is 0 Å². The number of ether oxygens (including phenoxy) is 5. The van der Waals surface area contributed by atoms with Crippen molar-refractivity contribution >= 4 is 6.09 Å². The average Bonchev–Trinajstić information content (AvgIpc) is 3.26. The molecular weight excluding hydrogens is 726 g/mol. The molecule has 1 aliphatic heterocycles. The third-order valence-corrected chi connectivity index (χ3v) is 6.07. The van der Waals surface area contributed by atoms with Crippen LogP contribution in [0, 0.1) is 46.5 Å². The zero-order valence-electron chi connectivity index (χ0n) is 23.3. The first-order valence-corrected chi connectivity index (χ1v) is 13.3. The van der Waals surface area contributed by atoms with Crippen LogP contribution >= 0.6 is 0 Å². The van der Waals surface area contributed by atoms with Crippen LogP contribution in [0.3, 0.4) is 0 Å². The van der Waals surface area contributed by atoms with Crippen molar-refractivity contribution in [2.24, 2.45) is 0 Å². The largest absolute Gasteiger partial charge is 0.468 e. The first kappa shape index (κ1) is 32.6. The topological polar surface area (TPSA) is 75.3 Å². The van der Waals surface area contributed by atoms with Crippen LogP contribution in [-0.4, -0.2) is 42.7 Å². The predicted molar refractivity (Wildman–Crippen MR) is 148 cm³/mol. The van der Waals surface area contributed by atoms with Crippen LogP contribution in [0.1, 0.15) is 37.5 Å². The van der Waals surface area contributed by atoms with Crippen molar-refractivity contribution in [3.05, 3.63) is 114 Å². The quantitative estimate of drug-likeness (QED) is 0.234. The molecule has 1 aliphatic rings. The van der Waals surface area contributed by atoms with E-state index in [1.54, 1.807) is 6.54 Å². The van der Waals surface area contributed by atoms with Crippen molar-refractivity contribution in [3.8, 4) is 0 Å². The van der Waals surface area contributed by atoms with Gasteiger partial charge in [-0.05, 0) is 43.6 Å². The Morgan fingerprint density at radius 3 is 1.75 bits per heavy atom. The fourth-order valence-electron chi connectivity index (χ4n) is 4.27. The molecule has 7 nitrogen and oxygen atoms in total. The Morgan fingerprint density at radius 2 is 1.25 bits per heavy atom. The molecule has 0 unspecified atom stereocenters. The maximum atomic E-state index is 12.4. The van der Waals surface area contributed by atoms with Crippen LogP contribution in [-0.2, 0) is 43.5 Å². The molecule has 4 rings (SSSR count). The van der Waals surface area contributed by atoms with Gasteiger partial charge in [-0.2, -0.15) is 0 Å². The molecule has 1 saturated heterocycles. The Balaban J connectivity index is 0.00000441. The molecular formula is C32H38NO6Th-. The smallest absolute Gasteiger partial charge is 0.378 e. The van der Waals surface area contributed by atoms with E-state index in [1.165, 1.54) is 0 Å². The molecule has 1 amide bonds. The first-order valence-electron chi connectivity index (χ1n) is 13.3. The predicted octanol–water partition coefficient (Wildman–Crippen LogP) is 5.83. The van der Waals surface area contributed by atoms with E-state index in [4.69, 9.17) is 23.7 Å². The molecule has 0 bridgehead atoms. The van der Waals surface area contributed by atoms with Crippen molar-refractivity contribution in [2.45, 2.75) is 70.6 Å². The molecule has 1 N–H and O–H groups in total. The van der Waals surface area contributed by atoms with E-state index in [2.05, 4.69) is 5.32 Å². The van der Waals surface area contributed by atoms with E-state index >= 15 is 0 Å². The second-order valence-electron chi connectivity index (χ2n) is 10.5. The number of nitrogens with one attached hydrogen (secondary N) is 1. The Hall–Kier alpha value is -1.91. The van der Waals surface area contributed by atoms with E-state index in [0.29, 0.717) is 26.4 Å². The van der Waals surface area contributed by atoms with Gasteiger partial charge in [0.2, 0.25) is 0 Å². The van der Waals surface area contributed by atoms with Gasteiger partial charge >= 0.3 is 6.09 Å². The number of benzene rings is 3. The molecule has 1 heterocycles. The van der Waals surface area contributed by atoms with Gasteiger partial charge in [0.15, 0.2) is 0 Å². The minimum Gasteiger partial charge on any atom is -0.468 e. The number of carbonyl (C=O) groups is 1. The van der Waals surface area contributed by atoms with Crippen molar-refractivity contribution in [3.63, 3.8) is 0 Å². The second-order valence-corrected chi connectivity index (χ2v) is 10.5. The number of hydrogen-bond donors (Lipinski definition) is 1. The van der Waals surface area contributed by atoms with Gasteiger partial charge in [0.05, 0.1) is 32.5 Å². The molecule has 1 fully saturated rings. The number of rotatable bonds is 12. The fourth-order valence-corrected chi connectivity index (χ4v) is 4.27. The van der Waals surface area contributed by atoms with Gasteiger partial charge in [-0.1, -0.05) is 91.0 Å². The van der Waals surface area contributed by atoms with Gasteiger partial charge in [-0.15, -0.1) is 0 Å². The van der Waals surface area contributed by atoms with E-state index < -0.39 is 36.1 Å². The summed E-state index contributed by atoms with van der Waals surface area (Å²) in [6, 6.07) is 29.9. The van der Waals surface area contributed by atoms with E-state index in [9.17, 15) is 4.79 Å². The SMILES string of the molecule is CC(C)(C)OC(=O)N[CH-][C@@H]1O[C@@H](COCc2ccccc2)[C@@H](OCc2ccccc2)[C@@H]1OCc1ccccc1.[Th]. The molecule has 3 aromatic carbocycles. The summed E-state index contributed by atoms with van der Waals surface area (Å²) in [5, 5.41) is 2.72. The zero-order valence-corrected chi connectivity index (χ0v) is 27.4. The molecule has 0 aromatic heterocycles. The Morgan fingerprint density at radius 1 is 0.775 bits per heavy atom. The van der Waals surface area contributed by atoms with Gasteiger partial charge in [0.1, 0.15) is 17.8 Å². The molecule has 8 heteroatoms. The van der Waals surface area contributed by atoms with Crippen LogP contribution in [0.5, 0.6) is 0 Å². The Bertz CT molecular complexity index is 1130. The van der Waals surface area contributed by atoms with Gasteiger partial charge in [-0.3, -0.25) is 0 Å². The minimum absolute atomic E-state index is 0. The standard InChI is InChI=1S/C32H38NO6.Th/c1-32(2,3)39-31(34)33-19-27-29(36-21-25-15-9-5-10-16-25)30(37-22-26-17-11-6-12-18-26)28(38-27)23-35-20-24-13-7-4-8-14-24;/h4-19,27-30H,20-23H2,1-3H3,(H,33,34);/q-1;/t27-,28-,29+,30+;/m0./s1. The van der Waals surface area contributed by atoms with Crippen molar-refractivity contribution in [2.75, 3.05) is 6.61 Å². The maximum Gasteiger partial charge on any atom is 0.378 e. The molecule has 40 heavy (non-hydrogen) atoms. The number of amides is 1. The fraction of sp³-hybridized carbons (Fsp3) is 0.375. The number of carbonyl (C=O) groups excluding carboxylic acids is 1. The van der Waals surface area contributed by atoms with Gasteiger partial charge < -0.3 is 29.0 Å². The Kier molecular flexibility index (Phi) is 13.5. The summed E-state index contributed by atoms with van der Waals surface area (Å²) < 4.78 is 30.7.